The highest BCUT2D eigenvalue weighted by Gasteiger charge is 2.60. The summed E-state index contributed by atoms with van der Waals surface area (Å²) in [4.78, 5) is 53.5. The summed E-state index contributed by atoms with van der Waals surface area (Å²) in [7, 11) is 0. The lowest BCUT2D eigenvalue weighted by Crippen LogP contribution is -2.56. The monoisotopic (exact) mass is 1030 g/mol. The molecule has 8 heteroatoms. The maximum absolute atomic E-state index is 13.7. The molecule has 0 spiro atoms. The normalized spacial score (nSPS) is 21.6. The number of carbonyl (C=O) groups is 4. The molecule has 73 heavy (non-hydrogen) atoms. The molecule has 4 unspecified atom stereocenters. The van der Waals surface area contributed by atoms with E-state index in [1.807, 2.05) is 0 Å². The predicted octanol–water partition coefficient (Wildman–Crippen LogP) is 18.6. The third kappa shape index (κ3) is 31.1. The van der Waals surface area contributed by atoms with Crippen molar-refractivity contribution < 1.29 is 33.4 Å². The van der Waals surface area contributed by atoms with Gasteiger partial charge in [0.25, 0.3) is 0 Å². The van der Waals surface area contributed by atoms with E-state index in [1.165, 1.54) is 128 Å². The Hall–Kier alpha value is -1.96. The van der Waals surface area contributed by atoms with Crippen LogP contribution in [0.4, 0.5) is 0 Å². The second-order valence-corrected chi connectivity index (χ2v) is 25.2. The zero-order valence-electron chi connectivity index (χ0n) is 50.7. The van der Waals surface area contributed by atoms with Crippen LogP contribution in [-0.2, 0) is 33.4 Å². The maximum atomic E-state index is 13.7. The minimum absolute atomic E-state index is 0.0142. The second kappa shape index (κ2) is 40.3. The number of rotatable bonds is 44. The van der Waals surface area contributed by atoms with E-state index in [0.717, 1.165) is 109 Å². The highest BCUT2D eigenvalue weighted by Crippen LogP contribution is 2.67. The van der Waals surface area contributed by atoms with E-state index in [4.69, 9.17) is 14.2 Å². The molecule has 0 radical (unpaired) electrons. The number of carbonyl (C=O) groups excluding carboxylic acids is 4. The minimum Gasteiger partial charge on any atom is -0.465 e. The summed E-state index contributed by atoms with van der Waals surface area (Å²) < 4.78 is 18.8. The van der Waals surface area contributed by atoms with Crippen LogP contribution in [0, 0.1) is 39.4 Å². The fourth-order valence-corrected chi connectivity index (χ4v) is 13.7. The van der Waals surface area contributed by atoms with Gasteiger partial charge in [-0.3, -0.25) is 14.4 Å². The van der Waals surface area contributed by atoms with Gasteiger partial charge in [-0.25, -0.2) is 0 Å². The Labute approximate surface area is 453 Å². The third-order valence-corrected chi connectivity index (χ3v) is 17.3. The Morgan fingerprint density at radius 3 is 1.18 bits per heavy atom. The van der Waals surface area contributed by atoms with E-state index in [9.17, 15) is 19.2 Å². The first-order valence-corrected chi connectivity index (χ1v) is 31.6. The zero-order valence-corrected chi connectivity index (χ0v) is 50.7. The molecule has 2 aliphatic rings. The number of hydrogen-bond donors (Lipinski definition) is 0. The summed E-state index contributed by atoms with van der Waals surface area (Å²) in [5.41, 5.74) is -0.725. The molecule has 0 saturated heterocycles. The first kappa shape index (κ1) is 69.1. The number of fused-ring (bicyclic) bond motifs is 2. The van der Waals surface area contributed by atoms with Gasteiger partial charge in [0, 0.05) is 41.9 Å². The summed E-state index contributed by atoms with van der Waals surface area (Å²) in [5.74, 6) is 1.82. The van der Waals surface area contributed by atoms with Gasteiger partial charge in [0.1, 0.15) is 5.78 Å². The standard InChI is InChI=1S/C50H93NO6.C15H30O/c1-10-17-21-26-42(27-22-18-11-2)32-45(53)56-40-48(9)35-49(14-5)34-47(8,39-55-44(52)30-25-31-51(15-6)16-7)36-50(37-48,38-49)41-57-46(54)33-43(28-23-19-12-3)29-24-20-13-4;1-4-6-11-15(12-7-5-2)13-9-8-10-14(3)16/h42-43H,10-41H2,1-9H3;15H,4-13H2,1-3H3. The van der Waals surface area contributed by atoms with Gasteiger partial charge in [-0.1, -0.05) is 211 Å². The van der Waals surface area contributed by atoms with Crippen LogP contribution in [0.3, 0.4) is 0 Å². The Morgan fingerprint density at radius 1 is 0.411 bits per heavy atom. The smallest absolute Gasteiger partial charge is 0.306 e. The van der Waals surface area contributed by atoms with Gasteiger partial charge in [0.15, 0.2) is 0 Å². The Bertz CT molecular complexity index is 1400. The topological polar surface area (TPSA) is 99.2 Å². The predicted molar refractivity (Wildman–Crippen MR) is 309 cm³/mol. The molecule has 2 rings (SSSR count). The summed E-state index contributed by atoms with van der Waals surface area (Å²) in [5, 5.41) is 0. The highest BCUT2D eigenvalue weighted by molar-refractivity contribution is 5.75. The quantitative estimate of drug-likeness (QED) is 0.0338. The van der Waals surface area contributed by atoms with Gasteiger partial charge >= 0.3 is 17.9 Å². The van der Waals surface area contributed by atoms with Crippen LogP contribution in [0.5, 0.6) is 0 Å². The van der Waals surface area contributed by atoms with Crippen molar-refractivity contribution in [1.29, 1.82) is 0 Å². The lowest BCUT2D eigenvalue weighted by Gasteiger charge is -2.62. The molecule has 430 valence electrons. The van der Waals surface area contributed by atoms with Crippen LogP contribution in [-0.4, -0.2) is 68.0 Å². The lowest BCUT2D eigenvalue weighted by atomic mass is 9.43. The number of ketones is 1. The van der Waals surface area contributed by atoms with Crippen LogP contribution in [0.15, 0.2) is 0 Å². The number of ether oxygens (including phenoxy) is 3. The largest absolute Gasteiger partial charge is 0.465 e. The van der Waals surface area contributed by atoms with Gasteiger partial charge < -0.3 is 23.9 Å². The van der Waals surface area contributed by atoms with Gasteiger partial charge in [-0.15, -0.1) is 0 Å². The molecule has 0 aromatic carbocycles. The molecule has 2 saturated carbocycles. The minimum atomic E-state index is -0.268. The second-order valence-electron chi connectivity index (χ2n) is 25.2. The fourth-order valence-electron chi connectivity index (χ4n) is 13.7. The average Bonchev–Trinajstić information content (AvgIpc) is 3.35. The van der Waals surface area contributed by atoms with E-state index in [2.05, 4.69) is 81.1 Å². The van der Waals surface area contributed by atoms with Crippen molar-refractivity contribution >= 4 is 23.7 Å². The fraction of sp³-hybridized carbons (Fsp3) is 0.938. The molecule has 2 bridgehead atoms. The molecular formula is C65H123NO7. The molecule has 0 aliphatic heterocycles. The van der Waals surface area contributed by atoms with Gasteiger partial charge in [-0.2, -0.15) is 0 Å². The molecule has 4 atom stereocenters. The van der Waals surface area contributed by atoms with Crippen molar-refractivity contribution in [3.05, 3.63) is 0 Å². The van der Waals surface area contributed by atoms with Gasteiger partial charge in [0.05, 0.1) is 19.8 Å². The van der Waals surface area contributed by atoms with Crippen molar-refractivity contribution in [3.8, 4) is 0 Å². The summed E-state index contributed by atoms with van der Waals surface area (Å²) >= 11 is 0. The van der Waals surface area contributed by atoms with E-state index >= 15 is 0 Å². The van der Waals surface area contributed by atoms with Crippen LogP contribution in [0.25, 0.3) is 0 Å². The lowest BCUT2D eigenvalue weighted by molar-refractivity contribution is -0.185. The number of Topliss-reactive ketones (excluding diaryl/α,β-unsaturated/α-hetero) is 1. The molecule has 0 heterocycles. The van der Waals surface area contributed by atoms with E-state index < -0.39 is 0 Å². The maximum Gasteiger partial charge on any atom is 0.306 e. The number of unbranched alkanes of at least 4 members (excludes halogenated alkanes) is 11. The summed E-state index contributed by atoms with van der Waals surface area (Å²) in [6, 6.07) is 0. The van der Waals surface area contributed by atoms with Crippen molar-refractivity contribution in [1.82, 2.24) is 4.90 Å². The van der Waals surface area contributed by atoms with E-state index in [0.29, 0.717) is 56.7 Å². The van der Waals surface area contributed by atoms with Crippen molar-refractivity contribution in [2.75, 3.05) is 39.5 Å². The van der Waals surface area contributed by atoms with Crippen molar-refractivity contribution in [3.63, 3.8) is 0 Å². The van der Waals surface area contributed by atoms with Gasteiger partial charge in [0.2, 0.25) is 0 Å². The Kier molecular flexibility index (Phi) is 38.1. The van der Waals surface area contributed by atoms with Crippen LogP contribution in [0.2, 0.25) is 0 Å². The average molecular weight is 1030 g/mol. The zero-order chi connectivity index (χ0) is 54.4. The van der Waals surface area contributed by atoms with Crippen molar-refractivity contribution in [2.45, 2.75) is 314 Å². The third-order valence-electron chi connectivity index (χ3n) is 17.3. The molecule has 8 nitrogen and oxygen atoms in total. The molecule has 0 aromatic rings. The van der Waals surface area contributed by atoms with E-state index in [-0.39, 0.29) is 39.6 Å². The molecule has 2 fully saturated rings. The molecular weight excluding hydrogens is 907 g/mol. The molecule has 0 N–H and O–H groups in total. The molecule has 2 aliphatic carbocycles. The first-order valence-electron chi connectivity index (χ1n) is 31.6. The number of nitrogens with zero attached hydrogens (tertiary/aromatic N) is 1. The van der Waals surface area contributed by atoms with Crippen LogP contribution in [0.1, 0.15) is 314 Å². The number of hydrogen-bond acceptors (Lipinski definition) is 8. The van der Waals surface area contributed by atoms with Crippen LogP contribution >= 0.6 is 0 Å². The first-order chi connectivity index (χ1) is 35.0. The van der Waals surface area contributed by atoms with Crippen molar-refractivity contribution in [2.24, 2.45) is 39.4 Å². The highest BCUT2D eigenvalue weighted by atomic mass is 16.5. The molecule has 0 aromatic heterocycles. The Balaban J connectivity index is 0.00000142. The SMILES string of the molecule is CCCCC(CCCC)CCCCC(C)=O.CCCCCC(CCCCC)CC(=O)OCC1(C)CC2(CC)CC(C)(COC(=O)CCCN(CC)CC)CC(COC(=O)CC(CCCCC)CCCCC)(C1)C2. The summed E-state index contributed by atoms with van der Waals surface area (Å²) in [6.07, 6.45) is 39.2. The van der Waals surface area contributed by atoms with E-state index in [1.54, 1.807) is 6.92 Å². The Morgan fingerprint density at radius 2 is 0.781 bits per heavy atom. The van der Waals surface area contributed by atoms with Crippen LogP contribution < -0.4 is 0 Å². The summed E-state index contributed by atoms with van der Waals surface area (Å²) in [6.45, 7) is 30.5. The van der Waals surface area contributed by atoms with Gasteiger partial charge in [-0.05, 0) is 120 Å². The molecule has 0 amide bonds. The number of esters is 3.